The zero-order valence-corrected chi connectivity index (χ0v) is 16.1. The molecule has 0 aliphatic heterocycles. The van der Waals surface area contributed by atoms with E-state index in [9.17, 15) is 18.3 Å². The lowest BCUT2D eigenvalue weighted by Crippen LogP contribution is -2.39. The minimum absolute atomic E-state index is 0.0462. The number of sulfonamides is 1. The molecule has 8 heteroatoms. The highest BCUT2D eigenvalue weighted by Gasteiger charge is 2.34. The summed E-state index contributed by atoms with van der Waals surface area (Å²) in [6.45, 7) is 3.34. The Kier molecular flexibility index (Phi) is 5.90. The van der Waals surface area contributed by atoms with Crippen molar-refractivity contribution in [3.63, 3.8) is 0 Å². The van der Waals surface area contributed by atoms with Crippen molar-refractivity contribution in [2.45, 2.75) is 24.8 Å². The number of carbonyl (C=O) groups is 1. The molecule has 0 saturated heterocycles. The molecule has 26 heavy (non-hydrogen) atoms. The number of rotatable bonds is 7. The zero-order chi connectivity index (χ0) is 19.5. The van der Waals surface area contributed by atoms with E-state index in [0.717, 1.165) is 5.56 Å². The molecule has 1 aromatic heterocycles. The molecule has 2 rings (SSSR count). The van der Waals surface area contributed by atoms with E-state index in [1.165, 1.54) is 23.9 Å². The Bertz CT molecular complexity index is 872. The molecule has 1 atom stereocenters. The predicted molar refractivity (Wildman–Crippen MR) is 97.1 cm³/mol. The van der Waals surface area contributed by atoms with Crippen molar-refractivity contribution in [2.75, 3.05) is 13.7 Å². The number of esters is 1. The molecule has 0 fully saturated rings. The van der Waals surface area contributed by atoms with Crippen LogP contribution in [-0.4, -0.2) is 37.8 Å². The Hall–Kier alpha value is -2.16. The number of methoxy groups -OCH3 is 1. The van der Waals surface area contributed by atoms with Gasteiger partial charge in [0, 0.05) is 18.7 Å². The van der Waals surface area contributed by atoms with E-state index in [4.69, 9.17) is 0 Å². The Morgan fingerprint density at radius 1 is 1.31 bits per heavy atom. The van der Waals surface area contributed by atoms with Gasteiger partial charge in [-0.3, -0.25) is 0 Å². The molecule has 7 nitrogen and oxygen atoms in total. The van der Waals surface area contributed by atoms with E-state index < -0.39 is 27.4 Å². The fraction of sp³-hybridized carbons (Fsp3) is 0.389. The molecule has 0 unspecified atom stereocenters. The number of hydrogen-bond acceptors (Lipinski definition) is 5. The van der Waals surface area contributed by atoms with Crippen LogP contribution >= 0.6 is 0 Å². The van der Waals surface area contributed by atoms with Gasteiger partial charge in [-0.15, -0.1) is 0 Å². The molecule has 0 spiro atoms. The highest BCUT2D eigenvalue weighted by Crippen LogP contribution is 2.34. The van der Waals surface area contributed by atoms with Gasteiger partial charge in [-0.2, -0.15) is 0 Å². The molecule has 2 N–H and O–H groups in total. The fourth-order valence-electron chi connectivity index (χ4n) is 2.63. The largest absolute Gasteiger partial charge is 0.464 e. The summed E-state index contributed by atoms with van der Waals surface area (Å²) in [5.74, 6) is -0.621. The minimum Gasteiger partial charge on any atom is -0.464 e. The predicted octanol–water partition coefficient (Wildman–Crippen LogP) is 1.85. The maximum Gasteiger partial charge on any atom is 0.354 e. The summed E-state index contributed by atoms with van der Waals surface area (Å²) in [6.07, 6.45) is 1.35. The summed E-state index contributed by atoms with van der Waals surface area (Å²) in [4.78, 5) is 11.7. The van der Waals surface area contributed by atoms with Crippen LogP contribution in [0.25, 0.3) is 0 Å². The van der Waals surface area contributed by atoms with Gasteiger partial charge in [-0.25, -0.2) is 17.9 Å². The second-order valence-corrected chi connectivity index (χ2v) is 8.49. The smallest absolute Gasteiger partial charge is 0.354 e. The van der Waals surface area contributed by atoms with E-state index >= 15 is 0 Å². The second-order valence-electron chi connectivity index (χ2n) is 6.78. The summed E-state index contributed by atoms with van der Waals surface area (Å²) in [5.41, 5.74) is 0.124. The first kappa shape index (κ1) is 20.2. The zero-order valence-electron chi connectivity index (χ0n) is 15.3. The number of ether oxygens (including phenoxy) is 1. The van der Waals surface area contributed by atoms with E-state index in [0.29, 0.717) is 0 Å². The van der Waals surface area contributed by atoms with Gasteiger partial charge in [0.25, 0.3) is 0 Å². The third kappa shape index (κ3) is 4.14. The van der Waals surface area contributed by atoms with Crippen molar-refractivity contribution in [3.8, 4) is 0 Å². The number of nitrogens with zero attached hydrogens (tertiary/aromatic N) is 1. The van der Waals surface area contributed by atoms with Crippen LogP contribution in [0.5, 0.6) is 0 Å². The van der Waals surface area contributed by atoms with Gasteiger partial charge in [-0.05, 0) is 11.6 Å². The molecule has 0 radical (unpaired) electrons. The Morgan fingerprint density at radius 2 is 1.92 bits per heavy atom. The van der Waals surface area contributed by atoms with Crippen LogP contribution in [-0.2, 0) is 21.8 Å². The van der Waals surface area contributed by atoms with Gasteiger partial charge < -0.3 is 14.4 Å². The van der Waals surface area contributed by atoms with Crippen molar-refractivity contribution in [3.05, 3.63) is 53.9 Å². The first-order chi connectivity index (χ1) is 12.1. The highest BCUT2D eigenvalue weighted by atomic mass is 32.2. The van der Waals surface area contributed by atoms with Gasteiger partial charge in [0.15, 0.2) is 0 Å². The molecule has 0 amide bonds. The van der Waals surface area contributed by atoms with Crippen LogP contribution in [0.1, 0.15) is 35.9 Å². The lowest BCUT2D eigenvalue weighted by atomic mass is 9.82. The SMILES string of the molecule is COC(=O)c1cc(S(=O)(=O)N[C@H](c2ccccc2)C(C)(C)CO)cn1C. The van der Waals surface area contributed by atoms with E-state index in [-0.39, 0.29) is 17.2 Å². The van der Waals surface area contributed by atoms with Crippen molar-refractivity contribution < 1.29 is 23.1 Å². The standard InChI is InChI=1S/C18H24N2O5S/c1-18(2,12-21)16(13-8-6-5-7-9-13)19-26(23,24)14-10-15(17(22)25-4)20(3)11-14/h5-11,16,19,21H,12H2,1-4H3/t16-/m1/s1. The molecule has 0 bridgehead atoms. The summed E-state index contributed by atoms with van der Waals surface area (Å²) in [5, 5.41) is 9.75. The number of aromatic nitrogens is 1. The Labute approximate surface area is 153 Å². The summed E-state index contributed by atoms with van der Waals surface area (Å²) in [6, 6.07) is 9.66. The molecular formula is C18H24N2O5S. The lowest BCUT2D eigenvalue weighted by Gasteiger charge is -2.33. The Morgan fingerprint density at radius 3 is 2.46 bits per heavy atom. The molecule has 1 heterocycles. The summed E-state index contributed by atoms with van der Waals surface area (Å²) < 4.78 is 34.5. The number of nitrogens with one attached hydrogen (secondary N) is 1. The third-order valence-electron chi connectivity index (χ3n) is 4.28. The van der Waals surface area contributed by atoms with Crippen LogP contribution in [0.4, 0.5) is 0 Å². The molecule has 2 aromatic rings. The minimum atomic E-state index is -3.93. The maximum absolute atomic E-state index is 12.9. The number of aliphatic hydroxyl groups is 1. The van der Waals surface area contributed by atoms with Crippen molar-refractivity contribution >= 4 is 16.0 Å². The second kappa shape index (κ2) is 7.61. The van der Waals surface area contributed by atoms with Crippen LogP contribution in [0.15, 0.2) is 47.5 Å². The average molecular weight is 380 g/mol. The first-order valence-electron chi connectivity index (χ1n) is 8.05. The molecular weight excluding hydrogens is 356 g/mol. The van der Waals surface area contributed by atoms with Gasteiger partial charge >= 0.3 is 5.97 Å². The molecule has 0 aliphatic rings. The van der Waals surface area contributed by atoms with Gasteiger partial charge in [0.05, 0.1) is 19.8 Å². The van der Waals surface area contributed by atoms with E-state index in [2.05, 4.69) is 9.46 Å². The van der Waals surface area contributed by atoms with Crippen LogP contribution in [0.3, 0.4) is 0 Å². The maximum atomic E-state index is 12.9. The first-order valence-corrected chi connectivity index (χ1v) is 9.53. The topological polar surface area (TPSA) is 97.6 Å². The van der Waals surface area contributed by atoms with Crippen LogP contribution in [0, 0.1) is 5.41 Å². The molecule has 0 aliphatic carbocycles. The third-order valence-corrected chi connectivity index (χ3v) is 5.67. The van der Waals surface area contributed by atoms with Gasteiger partial charge in [-0.1, -0.05) is 44.2 Å². The average Bonchev–Trinajstić information content (AvgIpc) is 3.02. The number of benzene rings is 1. The summed E-state index contributed by atoms with van der Waals surface area (Å²) >= 11 is 0. The van der Waals surface area contributed by atoms with E-state index in [1.807, 2.05) is 18.2 Å². The van der Waals surface area contributed by atoms with Crippen molar-refractivity contribution in [2.24, 2.45) is 12.5 Å². The number of carbonyl (C=O) groups excluding carboxylic acids is 1. The van der Waals surface area contributed by atoms with Crippen LogP contribution in [0.2, 0.25) is 0 Å². The Balaban J connectivity index is 2.43. The van der Waals surface area contributed by atoms with Gasteiger partial charge in [0.1, 0.15) is 10.6 Å². The number of hydrogen-bond donors (Lipinski definition) is 2. The molecule has 142 valence electrons. The number of aliphatic hydroxyl groups excluding tert-OH is 1. The fourth-order valence-corrected chi connectivity index (χ4v) is 4.09. The lowest BCUT2D eigenvalue weighted by molar-refractivity contribution is 0.0590. The monoisotopic (exact) mass is 380 g/mol. The molecule has 0 saturated carbocycles. The molecule has 1 aromatic carbocycles. The summed E-state index contributed by atoms with van der Waals surface area (Å²) in [7, 11) is -1.13. The van der Waals surface area contributed by atoms with Gasteiger partial charge in [0.2, 0.25) is 10.0 Å². The number of aryl methyl sites for hydroxylation is 1. The van der Waals surface area contributed by atoms with Crippen molar-refractivity contribution in [1.82, 2.24) is 9.29 Å². The van der Waals surface area contributed by atoms with Crippen molar-refractivity contribution in [1.29, 1.82) is 0 Å². The van der Waals surface area contributed by atoms with E-state index in [1.54, 1.807) is 33.0 Å². The highest BCUT2D eigenvalue weighted by molar-refractivity contribution is 7.89. The van der Waals surface area contributed by atoms with Crippen LogP contribution < -0.4 is 4.72 Å². The normalized spacial score (nSPS) is 13.4. The quantitative estimate of drug-likeness (QED) is 0.715.